The zero-order valence-corrected chi connectivity index (χ0v) is 62.8. The number of rotatable bonds is 16. The highest BCUT2D eigenvalue weighted by Gasteiger charge is 2.33. The van der Waals surface area contributed by atoms with Gasteiger partial charge in [0.15, 0.2) is 23.0 Å². The summed E-state index contributed by atoms with van der Waals surface area (Å²) in [4.78, 5) is 92.0. The van der Waals surface area contributed by atoms with Gasteiger partial charge in [-0.1, -0.05) is 45.5 Å². The van der Waals surface area contributed by atoms with Crippen molar-refractivity contribution < 1.29 is 62.3 Å². The zero-order chi connectivity index (χ0) is 76.5. The molecular formula is C76H93BrN16O13. The molecule has 3 unspecified atom stereocenters. The summed E-state index contributed by atoms with van der Waals surface area (Å²) in [5, 5.41) is 26.4. The number of ether oxygens (including phenoxy) is 6. The van der Waals surface area contributed by atoms with Crippen LogP contribution in [0.3, 0.4) is 0 Å². The summed E-state index contributed by atoms with van der Waals surface area (Å²) in [7, 11) is 6.33. The van der Waals surface area contributed by atoms with Gasteiger partial charge in [-0.15, -0.1) is 0 Å². The second-order valence-electron chi connectivity index (χ2n) is 27.0. The van der Waals surface area contributed by atoms with Gasteiger partial charge in [0.2, 0.25) is 0 Å². The molecule has 2 fully saturated rings. The van der Waals surface area contributed by atoms with Gasteiger partial charge < -0.3 is 76.5 Å². The molecule has 3 amide bonds. The zero-order valence-electron chi connectivity index (χ0n) is 61.3. The number of aromatic carboxylic acids is 1. The summed E-state index contributed by atoms with van der Waals surface area (Å²) in [5.74, 6) is 3.27. The van der Waals surface area contributed by atoms with Crippen LogP contribution in [-0.2, 0) is 42.8 Å². The molecule has 2 saturated heterocycles. The SMILES string of the molecule is C=C(C)COc1cc(C(=O)OC)ccc1Br.CC1COc2cc(C(=O)N[C@@H]3CCCN(c4cnc(C(N)=O)c(Nc5cnn(C)c5)n4)[C@@H]3C)ccc2C1.CC1COc2cc(C(=O)O)ccc2C1.COC(=O)c1ccc2c(c1)OCC(C)C2.C[C@@H]1[C@H](N)CCCN1c1cnc(C(N)=O)c(Nc2cnn(C)c2)n1. The lowest BCUT2D eigenvalue weighted by molar-refractivity contribution is 0.0591. The van der Waals surface area contributed by atoms with E-state index >= 15 is 0 Å². The number of hydrogen-bond acceptors (Lipinski definition) is 23. The monoisotopic (exact) mass is 1520 g/mol. The number of halogens is 1. The maximum Gasteiger partial charge on any atom is 0.337 e. The first-order valence-corrected chi connectivity index (χ1v) is 35.6. The first kappa shape index (κ1) is 79.0. The molecule has 106 heavy (non-hydrogen) atoms. The number of hydrogen-bond donors (Lipinski definition) is 7. The van der Waals surface area contributed by atoms with Gasteiger partial charge in [0.25, 0.3) is 17.7 Å². The van der Waals surface area contributed by atoms with E-state index in [1.54, 1.807) is 103 Å². The molecule has 4 aromatic carbocycles. The number of carbonyl (C=O) groups excluding carboxylic acids is 5. The lowest BCUT2D eigenvalue weighted by Crippen LogP contribution is -2.54. The standard InChI is InChI=1S/C26H32N8O3.C15H22N8O.C12H13BrO3.C12H14O3.C11H12O3/c1-15-9-17-6-7-18(10-21(17)37-14-15)26(36)31-20-5-4-8-34(16(20)2)22-12-28-23(24(27)35)25(32-22)30-19-11-29-33(3)13-19;1-9-11(16)4-3-5-23(9)12-7-18-13(14(17)24)15(21-12)20-10-6-19-22(2)8-10;1-8(2)7-16-11-6-9(12(14)15-3)4-5-10(11)13;1-8-5-9-3-4-10(12(13)14-2)6-11(9)15-7-8;1-7-4-8-2-3-9(11(12)13)5-10(8)14-6-7/h6-7,10-13,15-16,20H,4-5,8-9,14H2,1-3H3,(H2,27,35)(H,30,32)(H,31,36);6-9,11H,3-5,16H2,1-2H3,(H2,17,24)(H,20,21);4-6H,1,7H2,2-3H3;3-4,6,8H,5,7H2,1-2H3;2-3,5,7H,4,6H2,1H3,(H,12,13)/t15?,16-,20-;9-,11-;;;/m11.../s1. The number of aryl methyl sites for hydroxylation is 2. The molecule has 0 radical (unpaired) electrons. The average molecular weight is 1520 g/mol. The number of aromatic nitrogens is 8. The van der Waals surface area contributed by atoms with E-state index in [1.165, 1.54) is 19.8 Å². The largest absolute Gasteiger partial charge is 0.493 e. The van der Waals surface area contributed by atoms with Crippen molar-refractivity contribution in [1.82, 2.24) is 44.8 Å². The predicted molar refractivity (Wildman–Crippen MR) is 404 cm³/mol. The number of piperidine rings is 2. The molecule has 562 valence electrons. The fourth-order valence-electron chi connectivity index (χ4n) is 12.4. The molecular weight excluding hydrogens is 1420 g/mol. The van der Waals surface area contributed by atoms with Gasteiger partial charge in [0, 0.05) is 69.3 Å². The normalized spacial score (nSPS) is 18.8. The van der Waals surface area contributed by atoms with E-state index in [0.717, 1.165) is 103 Å². The molecule has 8 aromatic rings. The van der Waals surface area contributed by atoms with E-state index in [2.05, 4.69) is 122 Å². The highest BCUT2D eigenvalue weighted by molar-refractivity contribution is 9.10. The van der Waals surface area contributed by atoms with Crippen LogP contribution in [0.25, 0.3) is 0 Å². The fraction of sp³-hybridized carbons (Fsp3) is 0.395. The van der Waals surface area contributed by atoms with Gasteiger partial charge in [-0.05, 0) is 176 Å². The number of methoxy groups -OCH3 is 2. The summed E-state index contributed by atoms with van der Waals surface area (Å²) in [6.07, 6.45) is 16.6. The van der Waals surface area contributed by atoms with E-state index in [-0.39, 0.29) is 59.2 Å². The first-order valence-electron chi connectivity index (χ1n) is 34.8. The Bertz CT molecular complexity index is 4470. The molecule has 10 N–H and O–H groups in total. The van der Waals surface area contributed by atoms with Crippen molar-refractivity contribution in [2.45, 2.75) is 111 Å². The predicted octanol–water partition coefficient (Wildman–Crippen LogP) is 9.97. The Labute approximate surface area is 624 Å². The van der Waals surface area contributed by atoms with Crippen LogP contribution in [0.4, 0.5) is 34.6 Å². The second kappa shape index (κ2) is 36.5. The number of anilines is 6. The van der Waals surface area contributed by atoms with Crippen LogP contribution < -0.4 is 61.9 Å². The van der Waals surface area contributed by atoms with Crippen LogP contribution >= 0.6 is 15.9 Å². The molecule has 13 rings (SSSR count). The number of nitrogens with two attached hydrogens (primary N) is 3. The van der Waals surface area contributed by atoms with E-state index in [1.807, 2.05) is 37.3 Å². The van der Waals surface area contributed by atoms with E-state index < -0.39 is 17.8 Å². The number of carboxylic acids is 1. The van der Waals surface area contributed by atoms with Crippen molar-refractivity contribution in [3.05, 3.63) is 177 Å². The smallest absolute Gasteiger partial charge is 0.337 e. The maximum atomic E-state index is 13.1. The third kappa shape index (κ3) is 21.1. The molecule has 0 bridgehead atoms. The van der Waals surface area contributed by atoms with Gasteiger partial charge in [-0.2, -0.15) is 10.2 Å². The Morgan fingerprint density at radius 1 is 0.613 bits per heavy atom. The van der Waals surface area contributed by atoms with Gasteiger partial charge in [-0.25, -0.2) is 34.3 Å². The number of nitrogens with zero attached hydrogens (tertiary/aromatic N) is 10. The van der Waals surface area contributed by atoms with E-state index in [0.29, 0.717) is 94.4 Å². The van der Waals surface area contributed by atoms with Crippen LogP contribution in [0.5, 0.6) is 23.0 Å². The average Bonchev–Trinajstić information content (AvgIpc) is 1.00. The van der Waals surface area contributed by atoms with E-state index in [9.17, 15) is 28.8 Å². The Morgan fingerprint density at radius 2 is 1.05 bits per heavy atom. The molecule has 29 nitrogen and oxygen atoms in total. The Balaban J connectivity index is 0.000000163. The highest BCUT2D eigenvalue weighted by atomic mass is 79.9. The van der Waals surface area contributed by atoms with Crippen LogP contribution in [0.2, 0.25) is 0 Å². The molecule has 7 atom stereocenters. The molecule has 30 heteroatoms. The van der Waals surface area contributed by atoms with Crippen LogP contribution in [-0.4, -0.2) is 158 Å². The number of esters is 2. The minimum absolute atomic E-state index is 0.0474. The first-order chi connectivity index (χ1) is 50.6. The van der Waals surface area contributed by atoms with Crippen molar-refractivity contribution in [2.75, 3.05) is 74.2 Å². The second-order valence-corrected chi connectivity index (χ2v) is 27.9. The quantitative estimate of drug-likeness (QED) is 0.0349. The van der Waals surface area contributed by atoms with Crippen LogP contribution in [0, 0.1) is 17.8 Å². The summed E-state index contributed by atoms with van der Waals surface area (Å²) in [5.41, 5.74) is 24.8. The Morgan fingerprint density at radius 3 is 1.50 bits per heavy atom. The summed E-state index contributed by atoms with van der Waals surface area (Å²) < 4.78 is 35.7. The van der Waals surface area contributed by atoms with Gasteiger partial charge >= 0.3 is 17.9 Å². The molecule has 9 heterocycles. The topological polar surface area (TPSA) is 386 Å². The minimum atomic E-state index is -0.907. The summed E-state index contributed by atoms with van der Waals surface area (Å²) in [6.45, 7) is 20.2. The highest BCUT2D eigenvalue weighted by Crippen LogP contribution is 2.34. The molecule has 0 aliphatic carbocycles. The number of carbonyl (C=O) groups is 6. The van der Waals surface area contributed by atoms with Crippen LogP contribution in [0.15, 0.2) is 127 Å². The lowest BCUT2D eigenvalue weighted by Gasteiger charge is -2.40. The molecule has 0 saturated carbocycles. The Hall–Kier alpha value is -11.1. The molecule has 4 aromatic heterocycles. The number of fused-ring (bicyclic) bond motifs is 3. The van der Waals surface area contributed by atoms with Crippen molar-refractivity contribution in [1.29, 1.82) is 0 Å². The molecule has 5 aliphatic rings. The van der Waals surface area contributed by atoms with Crippen molar-refractivity contribution in [3.8, 4) is 23.0 Å². The third-order valence-electron chi connectivity index (χ3n) is 18.1. The number of benzene rings is 4. The van der Waals surface area contributed by atoms with Gasteiger partial charge in [-0.3, -0.25) is 23.7 Å². The summed E-state index contributed by atoms with van der Waals surface area (Å²) >= 11 is 3.34. The third-order valence-corrected chi connectivity index (χ3v) is 18.8. The Kier molecular flexibility index (Phi) is 27.2. The number of amides is 3. The summed E-state index contributed by atoms with van der Waals surface area (Å²) in [6, 6.07) is 21.4. The number of nitrogens with one attached hydrogen (secondary N) is 3. The van der Waals surface area contributed by atoms with Crippen molar-refractivity contribution in [3.63, 3.8) is 0 Å². The van der Waals surface area contributed by atoms with Crippen molar-refractivity contribution >= 4 is 86.2 Å². The molecule has 5 aliphatic heterocycles. The minimum Gasteiger partial charge on any atom is -0.493 e. The maximum absolute atomic E-state index is 13.1. The fourth-order valence-corrected chi connectivity index (χ4v) is 12.7. The van der Waals surface area contributed by atoms with E-state index in [4.69, 9.17) is 41.3 Å². The van der Waals surface area contributed by atoms with Gasteiger partial charge in [0.1, 0.15) is 41.2 Å². The number of primary amides is 2. The number of carboxylic acid groups (broad SMARTS) is 1. The van der Waals surface area contributed by atoms with Gasteiger partial charge in [0.05, 0.1) is 91.4 Å². The lowest BCUT2D eigenvalue weighted by atomic mass is 9.95. The molecule has 0 spiro atoms. The van der Waals surface area contributed by atoms with Crippen LogP contribution in [0.1, 0.15) is 146 Å². The van der Waals surface area contributed by atoms with Crippen molar-refractivity contribution in [2.24, 2.45) is 49.1 Å².